The highest BCUT2D eigenvalue weighted by atomic mass is 16.5. The van der Waals surface area contributed by atoms with Crippen LogP contribution in [0.3, 0.4) is 0 Å². The molecule has 0 saturated carbocycles. The number of hydrogen-bond acceptors (Lipinski definition) is 13. The van der Waals surface area contributed by atoms with Gasteiger partial charge >= 0.3 is 12.1 Å². The highest BCUT2D eigenvalue weighted by Gasteiger charge is 2.41. The fourth-order valence-electron chi connectivity index (χ4n) is 8.81. The van der Waals surface area contributed by atoms with Crippen LogP contribution < -0.4 is 26.6 Å². The van der Waals surface area contributed by atoms with E-state index in [1.54, 1.807) is 23.8 Å². The zero-order valence-electron chi connectivity index (χ0n) is 43.1. The summed E-state index contributed by atoms with van der Waals surface area (Å²) in [5.41, 5.74) is 0.813. The number of rotatable bonds is 29. The van der Waals surface area contributed by atoms with Gasteiger partial charge in [-0.25, -0.2) is 9.59 Å². The number of piperidine rings is 1. The van der Waals surface area contributed by atoms with Crippen LogP contribution in [0.4, 0.5) is 4.79 Å². The number of nitrogens with one attached hydrogen (secondary N) is 5. The van der Waals surface area contributed by atoms with Crippen molar-refractivity contribution < 1.29 is 57.3 Å². The fourth-order valence-corrected chi connectivity index (χ4v) is 8.81. The van der Waals surface area contributed by atoms with E-state index in [1.165, 1.54) is 28.3 Å². The number of nitrogens with zero attached hydrogens (tertiary/aromatic N) is 3. The van der Waals surface area contributed by atoms with Crippen molar-refractivity contribution in [3.63, 3.8) is 0 Å². The van der Waals surface area contributed by atoms with E-state index in [1.807, 2.05) is 77.0 Å². The average Bonchev–Trinajstić information content (AvgIpc) is 3.32. The molecule has 390 valence electrons. The van der Waals surface area contributed by atoms with Gasteiger partial charge in [-0.15, -0.1) is 0 Å². The predicted molar refractivity (Wildman–Crippen MR) is 259 cm³/mol. The van der Waals surface area contributed by atoms with Crippen molar-refractivity contribution in [1.29, 1.82) is 0 Å². The molecule has 0 spiro atoms. The molecule has 1 saturated heterocycles. The molecule has 0 bridgehead atoms. The van der Waals surface area contributed by atoms with E-state index >= 15 is 0 Å². The Morgan fingerprint density at radius 1 is 0.812 bits per heavy atom. The average molecular weight is 975 g/mol. The van der Waals surface area contributed by atoms with E-state index in [4.69, 9.17) is 14.2 Å². The zero-order valence-corrected chi connectivity index (χ0v) is 43.1. The summed E-state index contributed by atoms with van der Waals surface area (Å²) < 4.78 is 21.8. The SMILES string of the molecule is CC[C@H](C)[C@@H]([C@@H](CC(=O)N1CCCC[C@H]1[C@H](OC)[C@@H](C)C(=O)N[C@@H](Cc1ccccc1)C(=O)NCCCOC(=O)[C@H](C)NC(=O)CCNC(=O)OC)OC)N(C)C(=O)CNC(=O)C(C(C)C)N(C)C. The van der Waals surface area contributed by atoms with Gasteiger partial charge in [0.05, 0.1) is 62.9 Å². The van der Waals surface area contributed by atoms with Gasteiger partial charge in [-0.05, 0) is 64.1 Å². The van der Waals surface area contributed by atoms with E-state index in [0.29, 0.717) is 19.4 Å². The van der Waals surface area contributed by atoms with Crippen molar-refractivity contribution in [2.24, 2.45) is 17.8 Å². The van der Waals surface area contributed by atoms with Crippen LogP contribution in [0.1, 0.15) is 92.1 Å². The fraction of sp³-hybridized carbons (Fsp3) is 0.714. The second-order valence-corrected chi connectivity index (χ2v) is 18.4. The predicted octanol–water partition coefficient (Wildman–Crippen LogP) is 2.03. The molecule has 9 atom stereocenters. The number of benzene rings is 1. The van der Waals surface area contributed by atoms with Crippen LogP contribution in [0.5, 0.6) is 0 Å². The Balaban J connectivity index is 2.14. The lowest BCUT2D eigenvalue weighted by Crippen LogP contribution is -2.58. The van der Waals surface area contributed by atoms with E-state index in [9.17, 15) is 38.4 Å². The van der Waals surface area contributed by atoms with Gasteiger partial charge in [-0.2, -0.15) is 0 Å². The molecule has 69 heavy (non-hydrogen) atoms. The van der Waals surface area contributed by atoms with Crippen LogP contribution in [0, 0.1) is 17.8 Å². The second-order valence-electron chi connectivity index (χ2n) is 18.4. The second kappa shape index (κ2) is 31.0. The molecule has 20 nitrogen and oxygen atoms in total. The van der Waals surface area contributed by atoms with Gasteiger partial charge in [0.15, 0.2) is 0 Å². The molecular formula is C49H82N8O12. The largest absolute Gasteiger partial charge is 0.464 e. The molecule has 0 radical (unpaired) electrons. The maximum Gasteiger partial charge on any atom is 0.406 e. The molecule has 1 aliphatic heterocycles. The number of methoxy groups -OCH3 is 3. The Bertz CT molecular complexity index is 1790. The third-order valence-corrected chi connectivity index (χ3v) is 12.7. The Labute approximate surface area is 409 Å². The van der Waals surface area contributed by atoms with Gasteiger partial charge in [0, 0.05) is 53.7 Å². The molecule has 0 aliphatic carbocycles. The molecule has 1 aromatic carbocycles. The Kier molecular flexibility index (Phi) is 26.9. The highest BCUT2D eigenvalue weighted by molar-refractivity contribution is 5.89. The maximum absolute atomic E-state index is 14.4. The number of esters is 1. The first-order valence-electron chi connectivity index (χ1n) is 24.2. The van der Waals surface area contributed by atoms with Crippen molar-refractivity contribution in [3.05, 3.63) is 35.9 Å². The molecular weight excluding hydrogens is 893 g/mol. The van der Waals surface area contributed by atoms with Crippen molar-refractivity contribution >= 4 is 47.5 Å². The highest BCUT2D eigenvalue weighted by Crippen LogP contribution is 2.29. The van der Waals surface area contributed by atoms with Gasteiger partial charge in [-0.3, -0.25) is 33.7 Å². The van der Waals surface area contributed by atoms with Crippen LogP contribution in [-0.2, 0) is 58.9 Å². The van der Waals surface area contributed by atoms with Crippen molar-refractivity contribution in [3.8, 4) is 0 Å². The third kappa shape index (κ3) is 19.5. The van der Waals surface area contributed by atoms with E-state index in [2.05, 4.69) is 31.3 Å². The quantitative estimate of drug-likeness (QED) is 0.0571. The van der Waals surface area contributed by atoms with Crippen molar-refractivity contribution in [2.45, 2.75) is 135 Å². The van der Waals surface area contributed by atoms with E-state index < -0.39 is 78.1 Å². The van der Waals surface area contributed by atoms with Crippen LogP contribution >= 0.6 is 0 Å². The number of likely N-dealkylation sites (N-methyl/N-ethyl adjacent to an activating group) is 2. The summed E-state index contributed by atoms with van der Waals surface area (Å²) >= 11 is 0. The number of amides is 7. The Morgan fingerprint density at radius 2 is 1.49 bits per heavy atom. The number of likely N-dealkylation sites (tertiary alicyclic amines) is 1. The number of carbonyl (C=O) groups excluding carboxylic acids is 8. The van der Waals surface area contributed by atoms with E-state index in [-0.39, 0.29) is 81.5 Å². The summed E-state index contributed by atoms with van der Waals surface area (Å²) in [5, 5.41) is 13.5. The molecule has 1 heterocycles. The first kappa shape index (κ1) is 59.8. The monoisotopic (exact) mass is 975 g/mol. The molecule has 0 aromatic heterocycles. The molecule has 7 amide bonds. The molecule has 1 fully saturated rings. The molecule has 20 heteroatoms. The van der Waals surface area contributed by atoms with Crippen molar-refractivity contribution in [2.75, 3.05) is 75.3 Å². The van der Waals surface area contributed by atoms with Crippen LogP contribution in [0.25, 0.3) is 0 Å². The summed E-state index contributed by atoms with van der Waals surface area (Å²) in [5.74, 6) is -3.60. The minimum atomic E-state index is -0.979. The number of carbonyl (C=O) groups is 8. The van der Waals surface area contributed by atoms with Gasteiger partial charge in [0.2, 0.25) is 35.4 Å². The van der Waals surface area contributed by atoms with Gasteiger partial charge in [0.1, 0.15) is 12.1 Å². The lowest BCUT2D eigenvalue weighted by molar-refractivity contribution is -0.149. The van der Waals surface area contributed by atoms with Crippen LogP contribution in [-0.4, -0.2) is 180 Å². The molecule has 1 aromatic rings. The Hall–Kier alpha value is -5.34. The zero-order chi connectivity index (χ0) is 51.8. The van der Waals surface area contributed by atoms with Crippen LogP contribution in [0.2, 0.25) is 0 Å². The van der Waals surface area contributed by atoms with Gasteiger partial charge in [-0.1, -0.05) is 71.4 Å². The molecule has 1 aliphatic rings. The van der Waals surface area contributed by atoms with E-state index in [0.717, 1.165) is 18.4 Å². The minimum Gasteiger partial charge on any atom is -0.464 e. The summed E-state index contributed by atoms with van der Waals surface area (Å²) in [6.07, 6.45) is 1.08. The first-order valence-corrected chi connectivity index (χ1v) is 24.2. The van der Waals surface area contributed by atoms with Gasteiger partial charge in [0.25, 0.3) is 0 Å². The maximum atomic E-state index is 14.4. The Morgan fingerprint density at radius 3 is 2.09 bits per heavy atom. The van der Waals surface area contributed by atoms with Crippen molar-refractivity contribution in [1.82, 2.24) is 41.3 Å². The number of alkyl carbamates (subject to hydrolysis) is 1. The molecule has 5 N–H and O–H groups in total. The summed E-state index contributed by atoms with van der Waals surface area (Å²) in [6, 6.07) is 5.94. The standard InChI is InChI=1S/C49H82N8O12/c1-13-32(4)43(56(9)41(60)30-52-47(63)42(31(2)3)55(7)8)38(66-10)29-40(59)57-26-18-17-22-37(57)44(67-11)33(5)45(61)54-36(28-35-20-15-14-16-21-35)46(62)50-24-19-27-69-48(64)34(6)53-39(58)23-25-51-49(65)68-12/h14-16,20-21,31-34,36-38,42-44H,13,17-19,22-30H2,1-12H3,(H,50,62)(H,51,65)(H,52,63)(H,53,58)(H,54,61)/t32-,33+,34-,36-,37-,38+,42?,43-,44+/m0/s1. The summed E-state index contributed by atoms with van der Waals surface area (Å²) in [6.45, 7) is 11.4. The smallest absolute Gasteiger partial charge is 0.406 e. The van der Waals surface area contributed by atoms with Gasteiger partial charge < -0.3 is 55.3 Å². The lowest BCUT2D eigenvalue weighted by atomic mass is 9.87. The topological polar surface area (TPSA) is 243 Å². The van der Waals surface area contributed by atoms with Crippen LogP contribution in [0.15, 0.2) is 30.3 Å². The molecule has 1 unspecified atom stereocenters. The molecule has 2 rings (SSSR count). The number of hydrogen-bond donors (Lipinski definition) is 5. The summed E-state index contributed by atoms with van der Waals surface area (Å²) in [7, 11) is 9.55. The third-order valence-electron chi connectivity index (χ3n) is 12.7. The summed E-state index contributed by atoms with van der Waals surface area (Å²) in [4.78, 5) is 110. The lowest BCUT2D eigenvalue weighted by Gasteiger charge is -2.43. The normalized spacial score (nSPS) is 17.2. The first-order chi connectivity index (χ1) is 32.7. The number of ether oxygens (including phenoxy) is 4. The minimum absolute atomic E-state index is 0.0276.